The molecule has 0 amide bonds. The summed E-state index contributed by atoms with van der Waals surface area (Å²) in [7, 11) is 0. The van der Waals surface area contributed by atoms with Gasteiger partial charge in [-0.1, -0.05) is 39.0 Å². The summed E-state index contributed by atoms with van der Waals surface area (Å²) in [5.41, 5.74) is 0. The fourth-order valence-corrected chi connectivity index (χ4v) is 2.11. The van der Waals surface area contributed by atoms with Crippen LogP contribution in [0.2, 0.25) is 0 Å². The Morgan fingerprint density at radius 2 is 1.93 bits per heavy atom. The summed E-state index contributed by atoms with van der Waals surface area (Å²) in [6.45, 7) is 4.64. The second-order valence-electron chi connectivity index (χ2n) is 4.56. The van der Waals surface area contributed by atoms with E-state index in [9.17, 15) is 4.79 Å². The van der Waals surface area contributed by atoms with E-state index in [1.165, 1.54) is 38.5 Å². The number of rotatable bonds is 8. The van der Waals surface area contributed by atoms with Gasteiger partial charge >= 0.3 is 5.97 Å². The molecule has 1 aliphatic rings. The fraction of sp³-hybridized carbons (Fsp3) is 0.923. The van der Waals surface area contributed by atoms with Crippen LogP contribution in [-0.2, 0) is 9.53 Å². The van der Waals surface area contributed by atoms with Crippen molar-refractivity contribution in [1.29, 1.82) is 0 Å². The van der Waals surface area contributed by atoms with Gasteiger partial charge in [0.15, 0.2) is 0 Å². The molecule has 1 aliphatic carbocycles. The zero-order valence-electron chi connectivity index (χ0n) is 10.1. The minimum atomic E-state index is 0.0380. The van der Waals surface area contributed by atoms with Crippen LogP contribution in [0.4, 0.5) is 0 Å². The molecule has 0 aromatic rings. The van der Waals surface area contributed by atoms with E-state index in [-0.39, 0.29) is 11.9 Å². The van der Waals surface area contributed by atoms with Gasteiger partial charge in [-0.15, -0.1) is 0 Å². The maximum Gasteiger partial charge on any atom is 0.309 e. The van der Waals surface area contributed by atoms with Crippen LogP contribution in [0, 0.1) is 11.8 Å². The van der Waals surface area contributed by atoms with E-state index in [1.54, 1.807) is 0 Å². The first-order valence-corrected chi connectivity index (χ1v) is 6.46. The minimum Gasteiger partial charge on any atom is -0.466 e. The standard InChI is InChI=1S/C13H24O2/c1-3-5-6-7-8-9-11-10-12(11)13(14)15-4-2/h11-12H,3-10H2,1-2H3/t11-,12+/m1/s1. The van der Waals surface area contributed by atoms with Gasteiger partial charge in [-0.2, -0.15) is 0 Å². The van der Waals surface area contributed by atoms with Gasteiger partial charge in [0.25, 0.3) is 0 Å². The molecule has 1 rings (SSSR count). The van der Waals surface area contributed by atoms with Crippen molar-refractivity contribution in [2.45, 2.75) is 58.8 Å². The SMILES string of the molecule is CCCCCCC[C@@H]1C[C@@H]1C(=O)OCC. The van der Waals surface area contributed by atoms with E-state index >= 15 is 0 Å². The molecule has 15 heavy (non-hydrogen) atoms. The van der Waals surface area contributed by atoms with Gasteiger partial charge < -0.3 is 4.74 Å². The number of carbonyl (C=O) groups is 1. The van der Waals surface area contributed by atoms with Crippen LogP contribution >= 0.6 is 0 Å². The highest BCUT2D eigenvalue weighted by molar-refractivity contribution is 5.75. The van der Waals surface area contributed by atoms with Gasteiger partial charge in [-0.3, -0.25) is 4.79 Å². The molecule has 2 nitrogen and oxygen atoms in total. The topological polar surface area (TPSA) is 26.3 Å². The van der Waals surface area contributed by atoms with Crippen LogP contribution in [0.25, 0.3) is 0 Å². The third-order valence-corrected chi connectivity index (χ3v) is 3.19. The Kier molecular flexibility index (Phi) is 5.74. The Morgan fingerprint density at radius 3 is 2.60 bits per heavy atom. The molecule has 0 aromatic carbocycles. The summed E-state index contributed by atoms with van der Waals surface area (Å²) in [5.74, 6) is 0.929. The third kappa shape index (κ3) is 4.67. The van der Waals surface area contributed by atoms with Crippen LogP contribution in [0.5, 0.6) is 0 Å². The highest BCUT2D eigenvalue weighted by Gasteiger charge is 2.43. The lowest BCUT2D eigenvalue weighted by atomic mass is 10.1. The summed E-state index contributed by atoms with van der Waals surface area (Å²) >= 11 is 0. The number of carbonyl (C=O) groups excluding carboxylic acids is 1. The molecule has 2 atom stereocenters. The smallest absolute Gasteiger partial charge is 0.309 e. The minimum absolute atomic E-state index is 0.0380. The van der Waals surface area contributed by atoms with Gasteiger partial charge in [0, 0.05) is 0 Å². The predicted octanol–water partition coefficient (Wildman–Crippen LogP) is 3.55. The third-order valence-electron chi connectivity index (χ3n) is 3.19. The molecule has 0 unspecified atom stereocenters. The van der Waals surface area contributed by atoms with Crippen LogP contribution < -0.4 is 0 Å². The lowest BCUT2D eigenvalue weighted by Gasteiger charge is -2.01. The highest BCUT2D eigenvalue weighted by atomic mass is 16.5. The number of esters is 1. The first kappa shape index (κ1) is 12.5. The first-order chi connectivity index (χ1) is 7.29. The van der Waals surface area contributed by atoms with E-state index in [2.05, 4.69) is 6.92 Å². The summed E-state index contributed by atoms with van der Waals surface area (Å²) in [6.07, 6.45) is 8.94. The van der Waals surface area contributed by atoms with Crippen molar-refractivity contribution in [1.82, 2.24) is 0 Å². The molecule has 0 radical (unpaired) electrons. The molecule has 0 heterocycles. The maximum atomic E-state index is 11.3. The monoisotopic (exact) mass is 212 g/mol. The molecule has 0 bridgehead atoms. The van der Waals surface area contributed by atoms with Crippen LogP contribution in [0.15, 0.2) is 0 Å². The average molecular weight is 212 g/mol. The fourth-order valence-electron chi connectivity index (χ4n) is 2.11. The number of hydrogen-bond donors (Lipinski definition) is 0. The molecule has 88 valence electrons. The quantitative estimate of drug-likeness (QED) is 0.454. The predicted molar refractivity (Wildman–Crippen MR) is 61.6 cm³/mol. The Balaban J connectivity index is 1.95. The lowest BCUT2D eigenvalue weighted by molar-refractivity contribution is -0.145. The Hall–Kier alpha value is -0.530. The van der Waals surface area contributed by atoms with Crippen LogP contribution in [-0.4, -0.2) is 12.6 Å². The summed E-state index contributed by atoms with van der Waals surface area (Å²) in [4.78, 5) is 11.3. The zero-order chi connectivity index (χ0) is 11.1. The van der Waals surface area contributed by atoms with Gasteiger partial charge in [0.1, 0.15) is 0 Å². The number of hydrogen-bond acceptors (Lipinski definition) is 2. The molecule has 0 spiro atoms. The molecular weight excluding hydrogens is 188 g/mol. The molecule has 0 N–H and O–H groups in total. The van der Waals surface area contributed by atoms with Gasteiger partial charge in [-0.05, 0) is 25.7 Å². The second-order valence-corrected chi connectivity index (χ2v) is 4.56. The molecular formula is C13H24O2. The summed E-state index contributed by atoms with van der Waals surface area (Å²) in [5, 5.41) is 0. The van der Waals surface area contributed by atoms with Crippen molar-refractivity contribution in [2.75, 3.05) is 6.61 Å². The number of unbranched alkanes of at least 4 members (excludes halogenated alkanes) is 4. The molecule has 0 aromatic heterocycles. The van der Waals surface area contributed by atoms with Gasteiger partial charge in [0.2, 0.25) is 0 Å². The van der Waals surface area contributed by atoms with E-state index in [1.807, 2.05) is 6.92 Å². The zero-order valence-corrected chi connectivity index (χ0v) is 10.1. The molecule has 0 saturated heterocycles. The van der Waals surface area contributed by atoms with Crippen molar-refractivity contribution in [3.63, 3.8) is 0 Å². The highest BCUT2D eigenvalue weighted by Crippen LogP contribution is 2.43. The molecule has 1 fully saturated rings. The largest absolute Gasteiger partial charge is 0.466 e. The maximum absolute atomic E-state index is 11.3. The van der Waals surface area contributed by atoms with E-state index < -0.39 is 0 Å². The molecule has 2 heteroatoms. The average Bonchev–Trinajstić information content (AvgIpc) is 2.97. The second kappa shape index (κ2) is 6.86. The van der Waals surface area contributed by atoms with Gasteiger partial charge in [0.05, 0.1) is 12.5 Å². The Bertz CT molecular complexity index is 189. The first-order valence-electron chi connectivity index (χ1n) is 6.46. The van der Waals surface area contributed by atoms with Crippen molar-refractivity contribution in [3.05, 3.63) is 0 Å². The van der Waals surface area contributed by atoms with Crippen molar-refractivity contribution >= 4 is 5.97 Å². The number of ether oxygens (including phenoxy) is 1. The van der Waals surface area contributed by atoms with Crippen LogP contribution in [0.3, 0.4) is 0 Å². The summed E-state index contributed by atoms with van der Waals surface area (Å²) in [6, 6.07) is 0. The molecule has 1 saturated carbocycles. The lowest BCUT2D eigenvalue weighted by Crippen LogP contribution is -2.07. The molecule has 0 aliphatic heterocycles. The van der Waals surface area contributed by atoms with Gasteiger partial charge in [-0.25, -0.2) is 0 Å². The van der Waals surface area contributed by atoms with Crippen LogP contribution in [0.1, 0.15) is 58.8 Å². The van der Waals surface area contributed by atoms with Crippen molar-refractivity contribution in [2.24, 2.45) is 11.8 Å². The normalized spacial score (nSPS) is 23.9. The van der Waals surface area contributed by atoms with E-state index in [0.29, 0.717) is 12.5 Å². The Labute approximate surface area is 93.4 Å². The van der Waals surface area contributed by atoms with Crippen molar-refractivity contribution < 1.29 is 9.53 Å². The Morgan fingerprint density at radius 1 is 1.20 bits per heavy atom. The van der Waals surface area contributed by atoms with Crippen molar-refractivity contribution in [3.8, 4) is 0 Å². The summed E-state index contributed by atoms with van der Waals surface area (Å²) < 4.78 is 5.00. The van der Waals surface area contributed by atoms with E-state index in [0.717, 1.165) is 6.42 Å². The van der Waals surface area contributed by atoms with E-state index in [4.69, 9.17) is 4.74 Å².